The minimum atomic E-state index is -0.367. The number of benzene rings is 1. The SMILES string of the molecule is CCCOc1c(I)cc(/C=C2\SC(=S)N(NC(=O)c3cccs3)C2=O)cc1OCC. The number of ether oxygens (including phenoxy) is 2. The van der Waals surface area contributed by atoms with Gasteiger partial charge in [-0.3, -0.25) is 15.0 Å². The molecule has 10 heteroatoms. The van der Waals surface area contributed by atoms with E-state index < -0.39 is 0 Å². The largest absolute Gasteiger partial charge is 0.490 e. The molecule has 1 aliphatic heterocycles. The van der Waals surface area contributed by atoms with Crippen LogP contribution in [0.2, 0.25) is 0 Å². The Labute approximate surface area is 202 Å². The van der Waals surface area contributed by atoms with Crippen molar-refractivity contribution in [2.45, 2.75) is 20.3 Å². The fourth-order valence-electron chi connectivity index (χ4n) is 2.56. The van der Waals surface area contributed by atoms with E-state index in [0.717, 1.165) is 32.3 Å². The molecule has 1 aromatic carbocycles. The normalized spacial score (nSPS) is 15.0. The zero-order valence-corrected chi connectivity index (χ0v) is 20.9. The molecular weight excluding hydrogens is 555 g/mol. The minimum absolute atomic E-state index is 0.277. The lowest BCUT2D eigenvalue weighted by molar-refractivity contribution is -0.123. The lowest BCUT2D eigenvalue weighted by atomic mass is 10.2. The number of thiophene rings is 1. The molecule has 158 valence electrons. The summed E-state index contributed by atoms with van der Waals surface area (Å²) in [4.78, 5) is 26.0. The van der Waals surface area contributed by atoms with E-state index in [-0.39, 0.29) is 16.1 Å². The number of halogens is 1. The highest BCUT2D eigenvalue weighted by Crippen LogP contribution is 2.37. The van der Waals surface area contributed by atoms with E-state index >= 15 is 0 Å². The minimum Gasteiger partial charge on any atom is -0.490 e. The molecule has 30 heavy (non-hydrogen) atoms. The second-order valence-electron chi connectivity index (χ2n) is 6.05. The Kier molecular flexibility index (Phi) is 8.14. The van der Waals surface area contributed by atoms with Crippen LogP contribution in [0.5, 0.6) is 11.5 Å². The number of carbonyl (C=O) groups is 2. The monoisotopic (exact) mass is 574 g/mol. The lowest BCUT2D eigenvalue weighted by Crippen LogP contribution is -2.44. The van der Waals surface area contributed by atoms with Crippen molar-refractivity contribution in [2.75, 3.05) is 13.2 Å². The third-order valence-electron chi connectivity index (χ3n) is 3.83. The summed E-state index contributed by atoms with van der Waals surface area (Å²) < 4.78 is 12.7. The smallest absolute Gasteiger partial charge is 0.285 e. The molecule has 0 aliphatic carbocycles. The maximum absolute atomic E-state index is 12.8. The second kappa shape index (κ2) is 10.6. The summed E-state index contributed by atoms with van der Waals surface area (Å²) >= 11 is 9.92. The average Bonchev–Trinajstić information content (AvgIpc) is 3.33. The van der Waals surface area contributed by atoms with Gasteiger partial charge >= 0.3 is 0 Å². The molecule has 0 atom stereocenters. The Hall–Kier alpha value is -1.63. The molecule has 0 radical (unpaired) electrons. The molecule has 3 rings (SSSR count). The Morgan fingerprint density at radius 3 is 2.80 bits per heavy atom. The number of amides is 2. The van der Waals surface area contributed by atoms with E-state index in [1.807, 2.05) is 26.0 Å². The number of nitrogens with zero attached hydrogens (tertiary/aromatic N) is 1. The number of hydrogen-bond donors (Lipinski definition) is 1. The van der Waals surface area contributed by atoms with Crippen LogP contribution in [0.15, 0.2) is 34.6 Å². The van der Waals surface area contributed by atoms with E-state index in [9.17, 15) is 9.59 Å². The third kappa shape index (κ3) is 5.34. The molecule has 1 saturated heterocycles. The first-order valence-corrected chi connectivity index (χ1v) is 12.3. The predicted molar refractivity (Wildman–Crippen MR) is 133 cm³/mol. The maximum atomic E-state index is 12.8. The molecule has 1 aromatic heterocycles. The van der Waals surface area contributed by atoms with Gasteiger partial charge in [0.05, 0.1) is 26.6 Å². The van der Waals surface area contributed by atoms with Crippen LogP contribution < -0.4 is 14.9 Å². The molecule has 2 aromatic rings. The summed E-state index contributed by atoms with van der Waals surface area (Å²) in [5.74, 6) is 0.597. The van der Waals surface area contributed by atoms with Gasteiger partial charge in [-0.2, -0.15) is 5.01 Å². The molecular formula is C20H19IN2O4S3. The summed E-state index contributed by atoms with van der Waals surface area (Å²) in [7, 11) is 0. The number of rotatable bonds is 8. The highest BCUT2D eigenvalue weighted by Gasteiger charge is 2.34. The summed E-state index contributed by atoms with van der Waals surface area (Å²) in [5.41, 5.74) is 3.37. The van der Waals surface area contributed by atoms with Crippen LogP contribution >= 0.6 is 57.9 Å². The average molecular weight is 574 g/mol. The van der Waals surface area contributed by atoms with Gasteiger partial charge < -0.3 is 9.47 Å². The van der Waals surface area contributed by atoms with Gasteiger partial charge in [0, 0.05) is 0 Å². The molecule has 2 amide bonds. The van der Waals surface area contributed by atoms with E-state index in [2.05, 4.69) is 28.0 Å². The standard InChI is InChI=1S/C20H19IN2O4S3/c1-3-7-27-17-13(21)9-12(10-14(17)26-4-2)11-16-19(25)23(20(28)30-16)22-18(24)15-6-5-8-29-15/h5-6,8-11H,3-4,7H2,1-2H3,(H,22,24)/b16-11-. The maximum Gasteiger partial charge on any atom is 0.285 e. The van der Waals surface area contributed by atoms with Crippen molar-refractivity contribution in [3.63, 3.8) is 0 Å². The number of thioether (sulfide) groups is 1. The first kappa shape index (κ1) is 23.0. The van der Waals surface area contributed by atoms with Crippen molar-refractivity contribution in [1.29, 1.82) is 0 Å². The van der Waals surface area contributed by atoms with Crippen molar-refractivity contribution in [3.05, 3.63) is 48.6 Å². The first-order valence-electron chi connectivity index (χ1n) is 9.16. The highest BCUT2D eigenvalue weighted by molar-refractivity contribution is 14.1. The number of thiocarbonyl (C=S) groups is 1. The molecule has 1 fully saturated rings. The number of hydrazine groups is 1. The molecule has 2 heterocycles. The van der Waals surface area contributed by atoms with Crippen LogP contribution in [0.25, 0.3) is 6.08 Å². The molecule has 1 N–H and O–H groups in total. The van der Waals surface area contributed by atoms with Gasteiger partial charge in [-0.05, 0) is 83.4 Å². The summed E-state index contributed by atoms with van der Waals surface area (Å²) in [6.07, 6.45) is 2.63. The van der Waals surface area contributed by atoms with Crippen molar-refractivity contribution in [3.8, 4) is 11.5 Å². The molecule has 0 bridgehead atoms. The van der Waals surface area contributed by atoms with Gasteiger partial charge in [-0.1, -0.05) is 24.8 Å². The van der Waals surface area contributed by atoms with Gasteiger partial charge in [0.25, 0.3) is 11.8 Å². The highest BCUT2D eigenvalue weighted by atomic mass is 127. The molecule has 0 unspecified atom stereocenters. The van der Waals surface area contributed by atoms with Gasteiger partial charge in [-0.25, -0.2) is 0 Å². The molecule has 1 aliphatic rings. The van der Waals surface area contributed by atoms with Gasteiger partial charge in [0.2, 0.25) is 0 Å². The Morgan fingerprint density at radius 2 is 2.13 bits per heavy atom. The van der Waals surface area contributed by atoms with Crippen molar-refractivity contribution in [1.82, 2.24) is 10.4 Å². The van der Waals surface area contributed by atoms with Crippen LogP contribution in [-0.2, 0) is 4.79 Å². The van der Waals surface area contributed by atoms with Crippen LogP contribution in [0.4, 0.5) is 0 Å². The number of nitrogens with one attached hydrogen (secondary N) is 1. The summed E-state index contributed by atoms with van der Waals surface area (Å²) in [5, 5.41) is 2.91. The molecule has 0 saturated carbocycles. The fourth-order valence-corrected chi connectivity index (χ4v) is 5.13. The Balaban J connectivity index is 1.83. The van der Waals surface area contributed by atoms with E-state index in [4.69, 9.17) is 21.7 Å². The lowest BCUT2D eigenvalue weighted by Gasteiger charge is -2.15. The van der Waals surface area contributed by atoms with Crippen molar-refractivity contribution < 1.29 is 19.1 Å². The quantitative estimate of drug-likeness (QED) is 0.269. The number of carbonyl (C=O) groups excluding carboxylic acids is 2. The van der Waals surface area contributed by atoms with Crippen LogP contribution in [0.1, 0.15) is 35.5 Å². The summed E-state index contributed by atoms with van der Waals surface area (Å²) in [6.45, 7) is 5.04. The van der Waals surface area contributed by atoms with Crippen LogP contribution in [-0.4, -0.2) is 34.4 Å². The summed E-state index contributed by atoms with van der Waals surface area (Å²) in [6, 6.07) is 7.22. The van der Waals surface area contributed by atoms with Crippen LogP contribution in [0, 0.1) is 3.57 Å². The van der Waals surface area contributed by atoms with Crippen LogP contribution in [0.3, 0.4) is 0 Å². The van der Waals surface area contributed by atoms with E-state index in [0.29, 0.717) is 34.5 Å². The van der Waals surface area contributed by atoms with Gasteiger partial charge in [0.15, 0.2) is 15.8 Å². The zero-order valence-electron chi connectivity index (χ0n) is 16.3. The van der Waals surface area contributed by atoms with E-state index in [1.165, 1.54) is 11.3 Å². The topological polar surface area (TPSA) is 67.9 Å². The van der Waals surface area contributed by atoms with Crippen molar-refractivity contribution in [2.24, 2.45) is 0 Å². The second-order valence-corrected chi connectivity index (χ2v) is 9.83. The van der Waals surface area contributed by atoms with E-state index in [1.54, 1.807) is 23.6 Å². The zero-order chi connectivity index (χ0) is 21.7. The fraction of sp³-hybridized carbons (Fsp3) is 0.250. The van der Waals surface area contributed by atoms with Gasteiger partial charge in [-0.15, -0.1) is 11.3 Å². The molecule has 6 nitrogen and oxygen atoms in total. The predicted octanol–water partition coefficient (Wildman–Crippen LogP) is 5.09. The Bertz CT molecular complexity index is 992. The van der Waals surface area contributed by atoms with Gasteiger partial charge in [0.1, 0.15) is 0 Å². The Morgan fingerprint density at radius 1 is 1.33 bits per heavy atom. The first-order chi connectivity index (χ1) is 14.4. The van der Waals surface area contributed by atoms with Crippen molar-refractivity contribution >= 4 is 80.1 Å². The number of hydrogen-bond acceptors (Lipinski definition) is 7. The molecule has 0 spiro atoms. The third-order valence-corrected chi connectivity index (χ3v) is 6.80.